The van der Waals surface area contributed by atoms with Crippen molar-refractivity contribution in [3.63, 3.8) is 0 Å². The van der Waals surface area contributed by atoms with E-state index in [4.69, 9.17) is 0 Å². The van der Waals surface area contributed by atoms with Crippen molar-refractivity contribution in [3.8, 4) is 22.3 Å². The first-order valence-electron chi connectivity index (χ1n) is 11.6. The number of rotatable bonds is 7. The number of aryl methyl sites for hydroxylation is 2. The Hall–Kier alpha value is -2.48. The molecule has 0 saturated heterocycles. The molecule has 0 aliphatic carbocycles. The summed E-state index contributed by atoms with van der Waals surface area (Å²) in [6, 6.07) is 27.5. The van der Waals surface area contributed by atoms with Crippen molar-refractivity contribution in [2.75, 3.05) is 0 Å². The molecule has 183 valence electrons. The standard InChI is InChI=1S/C20H16.C11H20O2.Ir/c1-15-11-16(2)13-20(12-15)19-10-6-9-18(14-19)17-7-4-3-5-8-17;1-8(2)5-10(12)7-11(13)6-9(3)4;/h3-7,10-14H,1-2H3;7-9,12H,5-6H2,1-4H3;/q-2;;/b;10-7-;. The maximum atomic E-state index is 11.2. The van der Waals surface area contributed by atoms with Gasteiger partial charge in [-0.2, -0.15) is 42.5 Å². The number of benzene rings is 3. The average molecular weight is 633 g/mol. The Bertz CT molecular complexity index is 1050. The first kappa shape index (κ1) is 29.6. The normalized spacial score (nSPS) is 11.0. The Morgan fingerprint density at radius 3 is 2.00 bits per heavy atom. The zero-order chi connectivity index (χ0) is 24.4. The number of allylic oxidation sites excluding steroid dienone is 2. The molecule has 0 bridgehead atoms. The number of carbonyl (C=O) groups excluding carboxylic acids is 1. The van der Waals surface area contributed by atoms with Gasteiger partial charge in [0.15, 0.2) is 5.78 Å². The van der Waals surface area contributed by atoms with Crippen LogP contribution in [0.2, 0.25) is 0 Å². The van der Waals surface area contributed by atoms with Crippen molar-refractivity contribution in [2.24, 2.45) is 11.8 Å². The summed E-state index contributed by atoms with van der Waals surface area (Å²) in [6.45, 7) is 12.3. The predicted octanol–water partition coefficient (Wildman–Crippen LogP) is 8.32. The van der Waals surface area contributed by atoms with Crippen LogP contribution < -0.4 is 0 Å². The van der Waals surface area contributed by atoms with E-state index in [1.165, 1.54) is 28.3 Å². The van der Waals surface area contributed by atoms with Crippen molar-refractivity contribution in [3.05, 3.63) is 95.8 Å². The largest absolute Gasteiger partial charge is 0.512 e. The van der Waals surface area contributed by atoms with E-state index in [0.717, 1.165) is 11.1 Å². The summed E-state index contributed by atoms with van der Waals surface area (Å²) >= 11 is 0. The quantitative estimate of drug-likeness (QED) is 0.162. The molecule has 0 atom stereocenters. The molecule has 0 aliphatic rings. The molecule has 1 N–H and O–H groups in total. The molecular weight excluding hydrogens is 597 g/mol. The molecule has 34 heavy (non-hydrogen) atoms. The molecule has 0 heterocycles. The van der Waals surface area contributed by atoms with Crippen molar-refractivity contribution in [1.29, 1.82) is 0 Å². The number of ketones is 1. The molecule has 0 saturated carbocycles. The van der Waals surface area contributed by atoms with Gasteiger partial charge in [0.1, 0.15) is 0 Å². The SMILES string of the molecule is CC(C)CC(=O)/C=C(\O)CC(C)C.Cc1cc(C)cc(-c2cc[c-]c(-c3[c-]cccc3)c2)c1.[Ir]. The molecule has 3 aromatic carbocycles. The van der Waals surface area contributed by atoms with Gasteiger partial charge < -0.3 is 5.11 Å². The van der Waals surface area contributed by atoms with Gasteiger partial charge in [0, 0.05) is 39.0 Å². The molecule has 0 fully saturated rings. The van der Waals surface area contributed by atoms with Gasteiger partial charge in [-0.15, -0.1) is 17.7 Å². The van der Waals surface area contributed by atoms with Gasteiger partial charge in [-0.05, 0) is 31.2 Å². The van der Waals surface area contributed by atoms with E-state index in [2.05, 4.69) is 62.4 Å². The van der Waals surface area contributed by atoms with E-state index in [1.54, 1.807) is 0 Å². The number of aliphatic hydroxyl groups excluding tert-OH is 1. The third kappa shape index (κ3) is 10.6. The minimum Gasteiger partial charge on any atom is -0.512 e. The Morgan fingerprint density at radius 2 is 1.44 bits per heavy atom. The molecule has 2 nitrogen and oxygen atoms in total. The molecule has 0 amide bonds. The molecule has 0 aliphatic heterocycles. The van der Waals surface area contributed by atoms with Gasteiger partial charge in [-0.3, -0.25) is 4.79 Å². The van der Waals surface area contributed by atoms with Crippen LogP contribution >= 0.6 is 0 Å². The van der Waals surface area contributed by atoms with Gasteiger partial charge >= 0.3 is 0 Å². The van der Waals surface area contributed by atoms with Gasteiger partial charge in [0.25, 0.3) is 0 Å². The predicted molar refractivity (Wildman–Crippen MR) is 139 cm³/mol. The summed E-state index contributed by atoms with van der Waals surface area (Å²) in [5, 5.41) is 9.34. The molecular formula is C31H36IrO2-2. The van der Waals surface area contributed by atoms with Crippen LogP contribution in [0.3, 0.4) is 0 Å². The summed E-state index contributed by atoms with van der Waals surface area (Å²) in [7, 11) is 0. The number of hydrogen-bond donors (Lipinski definition) is 1. The maximum absolute atomic E-state index is 11.2. The molecule has 0 spiro atoms. The van der Waals surface area contributed by atoms with Gasteiger partial charge in [0.2, 0.25) is 0 Å². The maximum Gasteiger partial charge on any atom is 0.159 e. The van der Waals surface area contributed by atoms with Gasteiger partial charge in [-0.25, -0.2) is 11.1 Å². The monoisotopic (exact) mass is 633 g/mol. The number of carbonyl (C=O) groups is 1. The molecule has 0 aromatic heterocycles. The molecule has 3 heteroatoms. The Morgan fingerprint density at radius 1 is 0.824 bits per heavy atom. The van der Waals surface area contributed by atoms with E-state index in [1.807, 2.05) is 52.0 Å². The van der Waals surface area contributed by atoms with Gasteiger partial charge in [-0.1, -0.05) is 57.0 Å². The van der Waals surface area contributed by atoms with Crippen LogP contribution in [0, 0.1) is 37.8 Å². The zero-order valence-electron chi connectivity index (χ0n) is 21.1. The van der Waals surface area contributed by atoms with Crippen molar-refractivity contribution in [1.82, 2.24) is 0 Å². The van der Waals surface area contributed by atoms with Crippen LogP contribution in [0.1, 0.15) is 51.7 Å². The number of hydrogen-bond acceptors (Lipinski definition) is 2. The summed E-state index contributed by atoms with van der Waals surface area (Å²) in [6.07, 6.45) is 2.46. The smallest absolute Gasteiger partial charge is 0.159 e. The minimum absolute atomic E-state index is 0. The molecule has 3 rings (SSSR count). The second kappa shape index (κ2) is 14.7. The second-order valence-electron chi connectivity index (χ2n) is 9.44. The van der Waals surface area contributed by atoms with E-state index >= 15 is 0 Å². The van der Waals surface area contributed by atoms with Gasteiger partial charge in [0.05, 0.1) is 5.76 Å². The molecule has 0 unspecified atom stereocenters. The van der Waals surface area contributed by atoms with Crippen LogP contribution in [-0.2, 0) is 24.9 Å². The van der Waals surface area contributed by atoms with Crippen molar-refractivity contribution < 1.29 is 30.0 Å². The van der Waals surface area contributed by atoms with Crippen LogP contribution in [0.5, 0.6) is 0 Å². The fourth-order valence-corrected chi connectivity index (χ4v) is 3.63. The average Bonchev–Trinajstić information content (AvgIpc) is 2.73. The third-order valence-electron chi connectivity index (χ3n) is 4.91. The van der Waals surface area contributed by atoms with Crippen molar-refractivity contribution >= 4 is 5.78 Å². The molecule has 1 radical (unpaired) electrons. The number of aliphatic hydroxyl groups is 1. The minimum atomic E-state index is 0. The molecule has 3 aromatic rings. The van der Waals surface area contributed by atoms with Crippen LogP contribution in [0.25, 0.3) is 22.3 Å². The Balaban J connectivity index is 0.000000364. The van der Waals surface area contributed by atoms with Crippen molar-refractivity contribution in [2.45, 2.75) is 54.4 Å². The summed E-state index contributed by atoms with van der Waals surface area (Å²) in [5.41, 5.74) is 7.23. The van der Waals surface area contributed by atoms with Crippen LogP contribution in [-0.4, -0.2) is 10.9 Å². The summed E-state index contributed by atoms with van der Waals surface area (Å²) < 4.78 is 0. The Kier molecular flexibility index (Phi) is 12.8. The first-order chi connectivity index (χ1) is 15.6. The van der Waals surface area contributed by atoms with E-state index < -0.39 is 0 Å². The second-order valence-corrected chi connectivity index (χ2v) is 9.44. The summed E-state index contributed by atoms with van der Waals surface area (Å²) in [5.74, 6) is 0.979. The summed E-state index contributed by atoms with van der Waals surface area (Å²) in [4.78, 5) is 11.2. The Labute approximate surface area is 219 Å². The van der Waals surface area contributed by atoms with E-state index in [-0.39, 0.29) is 31.6 Å². The topological polar surface area (TPSA) is 37.3 Å². The van der Waals surface area contributed by atoms with Crippen LogP contribution in [0.4, 0.5) is 0 Å². The third-order valence-corrected chi connectivity index (χ3v) is 4.91. The van der Waals surface area contributed by atoms with Crippen LogP contribution in [0.15, 0.2) is 72.5 Å². The van der Waals surface area contributed by atoms with E-state index in [9.17, 15) is 9.90 Å². The fourth-order valence-electron chi connectivity index (χ4n) is 3.63. The fraction of sp³-hybridized carbons (Fsp3) is 0.323. The van der Waals surface area contributed by atoms with E-state index in [0.29, 0.717) is 24.7 Å². The zero-order valence-corrected chi connectivity index (χ0v) is 23.5. The first-order valence-corrected chi connectivity index (χ1v) is 11.6.